The minimum absolute atomic E-state index is 0.0240. The number of nitrogens with zero attached hydrogens (tertiary/aromatic N) is 2. The number of hydrazine groups is 1. The van der Waals surface area contributed by atoms with Gasteiger partial charge in [0.25, 0.3) is 11.8 Å². The van der Waals surface area contributed by atoms with Crippen LogP contribution in [0.25, 0.3) is 0 Å². The number of primary sulfonamides is 1. The van der Waals surface area contributed by atoms with Crippen molar-refractivity contribution < 1.29 is 36.6 Å². The van der Waals surface area contributed by atoms with E-state index in [0.717, 1.165) is 18.6 Å². The van der Waals surface area contributed by atoms with Crippen molar-refractivity contribution in [3.63, 3.8) is 0 Å². The topological polar surface area (TPSA) is 199 Å². The number of nitrogens with one attached hydrogen (secondary N) is 2. The molecule has 13 nitrogen and oxygen atoms in total. The number of aliphatic hydroxyl groups is 1. The van der Waals surface area contributed by atoms with Crippen molar-refractivity contribution in [1.29, 1.82) is 0 Å². The summed E-state index contributed by atoms with van der Waals surface area (Å²) in [6.07, 6.45) is 1.51. The van der Waals surface area contributed by atoms with Gasteiger partial charge in [-0.3, -0.25) is 9.59 Å². The van der Waals surface area contributed by atoms with Crippen molar-refractivity contribution in [3.8, 4) is 5.75 Å². The molecular formula is C31H49N5O8S2. The molecule has 0 heterocycles. The van der Waals surface area contributed by atoms with Crippen molar-refractivity contribution in [3.05, 3.63) is 59.2 Å². The van der Waals surface area contributed by atoms with Crippen LogP contribution in [0.1, 0.15) is 86.6 Å². The van der Waals surface area contributed by atoms with E-state index in [1.54, 1.807) is 17.0 Å². The van der Waals surface area contributed by atoms with E-state index in [0.29, 0.717) is 44.5 Å². The molecule has 0 aromatic heterocycles. The number of amides is 2. The van der Waals surface area contributed by atoms with Crippen LogP contribution in [-0.2, 0) is 26.5 Å². The number of sulfonamides is 2. The van der Waals surface area contributed by atoms with Gasteiger partial charge in [0.2, 0.25) is 20.0 Å². The Morgan fingerprint density at radius 2 is 1.48 bits per heavy atom. The summed E-state index contributed by atoms with van der Waals surface area (Å²) in [5.41, 5.74) is 0.464. The lowest BCUT2D eigenvalue weighted by Crippen LogP contribution is -2.54. The van der Waals surface area contributed by atoms with Gasteiger partial charge in [-0.2, -0.15) is 0 Å². The lowest BCUT2D eigenvalue weighted by atomic mass is 9.99. The minimum Gasteiger partial charge on any atom is -0.508 e. The third kappa shape index (κ3) is 11.9. The average Bonchev–Trinajstić information content (AvgIpc) is 2.99. The van der Waals surface area contributed by atoms with E-state index < -0.39 is 54.2 Å². The minimum atomic E-state index is -4.31. The van der Waals surface area contributed by atoms with E-state index >= 15 is 0 Å². The average molecular weight is 684 g/mol. The van der Waals surface area contributed by atoms with E-state index in [1.807, 2.05) is 20.8 Å². The van der Waals surface area contributed by atoms with Crippen LogP contribution in [0.15, 0.2) is 47.4 Å². The maximum absolute atomic E-state index is 13.7. The zero-order chi connectivity index (χ0) is 34.7. The fraction of sp³-hybridized carbons (Fsp3) is 0.548. The lowest BCUT2D eigenvalue weighted by molar-refractivity contribution is 0.0613. The standard InChI is InChI=1S/C31H49N5O8S2/c1-6-9-16-36(34-46(43,44)22(4)5)21-29(38)28(17-23-10-12-26(37)13-11-23)33-30(39)24-18-25(20-27(19-24)45(32,41)42)31(40)35(14-7-2)15-8-3/h10-13,18-20,22,28-29,34,37-38H,6-9,14-17,21H2,1-5H3,(H,33,39)(H2,32,41,42). The number of rotatable bonds is 19. The predicted molar refractivity (Wildman–Crippen MR) is 177 cm³/mol. The van der Waals surface area contributed by atoms with Crippen molar-refractivity contribution in [1.82, 2.24) is 20.1 Å². The van der Waals surface area contributed by atoms with Crippen molar-refractivity contribution in [2.24, 2.45) is 5.14 Å². The number of hydrogen-bond acceptors (Lipinski definition) is 9. The molecule has 0 radical (unpaired) electrons. The Hall–Kier alpha value is -3.08. The molecule has 2 atom stereocenters. The van der Waals surface area contributed by atoms with Crippen LogP contribution >= 0.6 is 0 Å². The second-order valence-electron chi connectivity index (χ2n) is 11.6. The number of phenols is 1. The highest BCUT2D eigenvalue weighted by molar-refractivity contribution is 7.90. The number of aliphatic hydroxyl groups excluding tert-OH is 1. The summed E-state index contributed by atoms with van der Waals surface area (Å²) in [7, 11) is -8.04. The summed E-state index contributed by atoms with van der Waals surface area (Å²) in [4.78, 5) is 30.8. The largest absolute Gasteiger partial charge is 0.508 e. The van der Waals surface area contributed by atoms with Gasteiger partial charge in [-0.25, -0.2) is 27.0 Å². The summed E-state index contributed by atoms with van der Waals surface area (Å²) < 4.78 is 50.0. The van der Waals surface area contributed by atoms with Gasteiger partial charge in [0.1, 0.15) is 5.75 Å². The van der Waals surface area contributed by atoms with Gasteiger partial charge in [0, 0.05) is 37.3 Å². The number of aromatic hydroxyl groups is 1. The van der Waals surface area contributed by atoms with E-state index in [-0.39, 0.29) is 29.8 Å². The zero-order valence-electron chi connectivity index (χ0n) is 27.3. The van der Waals surface area contributed by atoms with Gasteiger partial charge in [-0.1, -0.05) is 39.3 Å². The summed E-state index contributed by atoms with van der Waals surface area (Å²) >= 11 is 0. The Morgan fingerprint density at radius 3 is 2.00 bits per heavy atom. The fourth-order valence-corrected chi connectivity index (χ4v) is 5.96. The molecular weight excluding hydrogens is 635 g/mol. The van der Waals surface area contributed by atoms with Crippen molar-refractivity contribution in [2.45, 2.75) is 89.0 Å². The lowest BCUT2D eigenvalue weighted by Gasteiger charge is -2.31. The smallest absolute Gasteiger partial charge is 0.253 e. The van der Waals surface area contributed by atoms with Crippen LogP contribution in [0.5, 0.6) is 5.75 Å². The Bertz CT molecular complexity index is 1510. The first-order valence-electron chi connectivity index (χ1n) is 15.5. The fourth-order valence-electron chi connectivity index (χ4n) is 4.64. The van der Waals surface area contributed by atoms with Crippen molar-refractivity contribution in [2.75, 3.05) is 26.2 Å². The Morgan fingerprint density at radius 1 is 0.891 bits per heavy atom. The molecule has 46 heavy (non-hydrogen) atoms. The SMILES string of the molecule is CCCCN(CC(O)C(Cc1ccc(O)cc1)NC(=O)c1cc(C(=O)N(CCC)CCC)cc(S(N)(=O)=O)c1)NS(=O)(=O)C(C)C. The van der Waals surface area contributed by atoms with E-state index in [1.165, 1.54) is 37.1 Å². The number of unbranched alkanes of at least 4 members (excludes halogenated alkanes) is 1. The van der Waals surface area contributed by atoms with Crippen LogP contribution in [0, 0.1) is 0 Å². The molecule has 15 heteroatoms. The molecule has 2 rings (SSSR count). The van der Waals surface area contributed by atoms with Gasteiger partial charge in [-0.05, 0) is 75.4 Å². The molecule has 0 saturated carbocycles. The number of nitrogens with two attached hydrogens (primary N) is 1. The molecule has 2 aromatic carbocycles. The third-order valence-corrected chi connectivity index (χ3v) is 9.90. The summed E-state index contributed by atoms with van der Waals surface area (Å²) in [5.74, 6) is -1.20. The third-order valence-electron chi connectivity index (χ3n) is 7.26. The Balaban J connectivity index is 2.51. The second-order valence-corrected chi connectivity index (χ2v) is 15.4. The normalized spacial score (nSPS) is 13.5. The van der Waals surface area contributed by atoms with Gasteiger partial charge < -0.3 is 20.4 Å². The Kier molecular flexibility index (Phi) is 15.1. The van der Waals surface area contributed by atoms with E-state index in [4.69, 9.17) is 5.14 Å². The molecule has 0 bridgehead atoms. The zero-order valence-corrected chi connectivity index (χ0v) is 28.9. The highest BCUT2D eigenvalue weighted by atomic mass is 32.2. The van der Waals surface area contributed by atoms with Crippen LogP contribution in [0.2, 0.25) is 0 Å². The van der Waals surface area contributed by atoms with E-state index in [9.17, 15) is 36.6 Å². The van der Waals surface area contributed by atoms with Crippen LogP contribution in [0.3, 0.4) is 0 Å². The molecule has 0 spiro atoms. The first kappa shape index (κ1) is 39.1. The van der Waals surface area contributed by atoms with Gasteiger partial charge in [0.15, 0.2) is 0 Å². The van der Waals surface area contributed by atoms with Crippen LogP contribution < -0.4 is 15.3 Å². The van der Waals surface area contributed by atoms with Gasteiger partial charge in [0.05, 0.1) is 22.3 Å². The molecule has 6 N–H and O–H groups in total. The monoisotopic (exact) mass is 683 g/mol. The first-order valence-corrected chi connectivity index (χ1v) is 18.6. The summed E-state index contributed by atoms with van der Waals surface area (Å²) in [6.45, 7) is 9.81. The number of phenolic OH excluding ortho intramolecular Hbond substituents is 1. The van der Waals surface area contributed by atoms with E-state index in [2.05, 4.69) is 10.1 Å². The molecule has 0 aliphatic rings. The number of carbonyl (C=O) groups excluding carboxylic acids is 2. The molecule has 2 aromatic rings. The molecule has 0 aliphatic heterocycles. The van der Waals surface area contributed by atoms with Crippen molar-refractivity contribution >= 4 is 31.9 Å². The molecule has 258 valence electrons. The van der Waals surface area contributed by atoms with Crippen LogP contribution in [-0.4, -0.2) is 92.3 Å². The summed E-state index contributed by atoms with van der Waals surface area (Å²) in [6, 6.07) is 8.64. The predicted octanol–water partition coefficient (Wildman–Crippen LogP) is 2.35. The quantitative estimate of drug-likeness (QED) is 0.138. The maximum Gasteiger partial charge on any atom is 0.253 e. The molecule has 2 amide bonds. The van der Waals surface area contributed by atoms with Crippen LogP contribution in [0.4, 0.5) is 0 Å². The molecule has 0 saturated heterocycles. The highest BCUT2D eigenvalue weighted by Gasteiger charge is 2.28. The number of hydrogen-bond donors (Lipinski definition) is 5. The number of carbonyl (C=O) groups is 2. The highest BCUT2D eigenvalue weighted by Crippen LogP contribution is 2.19. The Labute approximate surface area is 273 Å². The van der Waals surface area contributed by atoms with Gasteiger partial charge in [-0.15, -0.1) is 4.83 Å². The molecule has 0 aliphatic carbocycles. The second kappa shape index (κ2) is 17.7. The maximum atomic E-state index is 13.7. The molecule has 2 unspecified atom stereocenters. The van der Waals surface area contributed by atoms with Gasteiger partial charge >= 0.3 is 0 Å². The first-order chi connectivity index (χ1) is 21.5. The summed E-state index contributed by atoms with van der Waals surface area (Å²) in [5, 5.41) is 30.0. The number of benzene rings is 2. The molecule has 0 fully saturated rings.